The second kappa shape index (κ2) is 7.15. The summed E-state index contributed by atoms with van der Waals surface area (Å²) in [6.07, 6.45) is 4.49. The van der Waals surface area contributed by atoms with E-state index >= 15 is 0 Å². The molecule has 0 radical (unpaired) electrons. The average molecular weight is 360 g/mol. The molecule has 0 saturated carbocycles. The maximum Gasteiger partial charge on any atom is 0.225 e. The number of hydrogen-bond acceptors (Lipinski definition) is 5. The predicted molar refractivity (Wildman–Crippen MR) is 94.2 cm³/mol. The highest BCUT2D eigenvalue weighted by atomic mass is 19.1. The van der Waals surface area contributed by atoms with Crippen LogP contribution in [-0.2, 0) is 0 Å². The molecule has 2 aliphatic rings. The minimum absolute atomic E-state index is 0.109. The maximum absolute atomic E-state index is 13.1. The minimum Gasteiger partial charge on any atom is -0.489 e. The number of fused-ring (bicyclic) bond motifs is 1. The van der Waals surface area contributed by atoms with E-state index in [0.29, 0.717) is 17.7 Å². The van der Waals surface area contributed by atoms with E-state index in [2.05, 4.69) is 26.7 Å². The highest BCUT2D eigenvalue weighted by Crippen LogP contribution is 2.30. The second-order valence-corrected chi connectivity index (χ2v) is 6.97. The Bertz CT molecular complexity index is 740. The zero-order chi connectivity index (χ0) is 18.1. The van der Waals surface area contributed by atoms with Crippen molar-refractivity contribution < 1.29 is 13.5 Å². The summed E-state index contributed by atoms with van der Waals surface area (Å²) in [6, 6.07) is 6.84. The molecule has 1 aromatic heterocycles. The molecule has 0 N–H and O–H groups in total. The summed E-state index contributed by atoms with van der Waals surface area (Å²) >= 11 is 0. The SMILES string of the molecule is CC1[C@@H]2CC[C@@H](Oc3ccc(F)cc3)CN2CCN1c1ncc(F)cn1. The van der Waals surface area contributed by atoms with Crippen LogP contribution in [-0.4, -0.2) is 52.7 Å². The Morgan fingerprint density at radius 3 is 2.46 bits per heavy atom. The first kappa shape index (κ1) is 17.1. The summed E-state index contributed by atoms with van der Waals surface area (Å²) in [7, 11) is 0. The third-order valence-electron chi connectivity index (χ3n) is 5.35. The molecule has 0 aliphatic carbocycles. The lowest BCUT2D eigenvalue weighted by molar-refractivity contribution is 0.0286. The Labute approximate surface area is 151 Å². The number of piperazine rings is 1. The van der Waals surface area contributed by atoms with E-state index in [9.17, 15) is 8.78 Å². The van der Waals surface area contributed by atoms with Gasteiger partial charge >= 0.3 is 0 Å². The molecule has 138 valence electrons. The van der Waals surface area contributed by atoms with E-state index in [1.807, 2.05) is 0 Å². The first-order valence-electron chi connectivity index (χ1n) is 9.00. The summed E-state index contributed by atoms with van der Waals surface area (Å²) < 4.78 is 32.1. The number of anilines is 1. The van der Waals surface area contributed by atoms with E-state index in [4.69, 9.17) is 4.74 Å². The Morgan fingerprint density at radius 2 is 1.73 bits per heavy atom. The predicted octanol–water partition coefficient (Wildman–Crippen LogP) is 2.88. The molecule has 4 rings (SSSR count). The maximum atomic E-state index is 13.1. The fourth-order valence-corrected chi connectivity index (χ4v) is 4.02. The van der Waals surface area contributed by atoms with Crippen LogP contribution in [0.1, 0.15) is 19.8 Å². The summed E-state index contributed by atoms with van der Waals surface area (Å²) in [5, 5.41) is 0. The van der Waals surface area contributed by atoms with Crippen molar-refractivity contribution in [2.24, 2.45) is 0 Å². The van der Waals surface area contributed by atoms with E-state index < -0.39 is 5.82 Å². The molecule has 0 spiro atoms. The van der Waals surface area contributed by atoms with Crippen molar-refractivity contribution in [2.75, 3.05) is 24.5 Å². The van der Waals surface area contributed by atoms with Gasteiger partial charge in [-0.3, -0.25) is 4.90 Å². The summed E-state index contributed by atoms with van der Waals surface area (Å²) in [5.41, 5.74) is 0. The monoisotopic (exact) mass is 360 g/mol. The van der Waals surface area contributed by atoms with Crippen LogP contribution in [0.2, 0.25) is 0 Å². The fourth-order valence-electron chi connectivity index (χ4n) is 4.02. The molecule has 2 aliphatic heterocycles. The van der Waals surface area contributed by atoms with Crippen LogP contribution in [0.25, 0.3) is 0 Å². The zero-order valence-corrected chi connectivity index (χ0v) is 14.7. The third kappa shape index (κ3) is 3.49. The first-order chi connectivity index (χ1) is 12.6. The van der Waals surface area contributed by atoms with Crippen molar-refractivity contribution in [1.82, 2.24) is 14.9 Å². The Hall–Kier alpha value is -2.28. The average Bonchev–Trinajstić information content (AvgIpc) is 2.65. The summed E-state index contributed by atoms with van der Waals surface area (Å²) in [6.45, 7) is 4.71. The number of halogens is 2. The van der Waals surface area contributed by atoms with Crippen LogP contribution in [0.4, 0.5) is 14.7 Å². The Balaban J connectivity index is 1.40. The van der Waals surface area contributed by atoms with E-state index in [0.717, 1.165) is 32.5 Å². The Morgan fingerprint density at radius 1 is 1.00 bits per heavy atom. The van der Waals surface area contributed by atoms with Gasteiger partial charge in [0.15, 0.2) is 5.82 Å². The number of rotatable bonds is 3. The number of piperidine rings is 1. The molecular weight excluding hydrogens is 338 g/mol. The van der Waals surface area contributed by atoms with Crippen LogP contribution >= 0.6 is 0 Å². The number of benzene rings is 1. The normalized spacial score (nSPS) is 26.4. The third-order valence-corrected chi connectivity index (χ3v) is 5.35. The van der Waals surface area contributed by atoms with Crippen molar-refractivity contribution in [3.05, 3.63) is 48.3 Å². The zero-order valence-electron chi connectivity index (χ0n) is 14.7. The fraction of sp³-hybridized carbons (Fsp3) is 0.474. The van der Waals surface area contributed by atoms with E-state index in [1.54, 1.807) is 12.1 Å². The van der Waals surface area contributed by atoms with Gasteiger partial charge in [-0.15, -0.1) is 0 Å². The Kier molecular flexibility index (Phi) is 4.72. The number of aromatic nitrogens is 2. The summed E-state index contributed by atoms with van der Waals surface area (Å²) in [5.74, 6) is 0.622. The van der Waals surface area contributed by atoms with Crippen LogP contribution in [0.15, 0.2) is 36.7 Å². The van der Waals surface area contributed by atoms with Crippen LogP contribution in [0.5, 0.6) is 5.75 Å². The van der Waals surface area contributed by atoms with Gasteiger partial charge in [-0.25, -0.2) is 18.7 Å². The van der Waals surface area contributed by atoms with Crippen molar-refractivity contribution in [3.63, 3.8) is 0 Å². The van der Waals surface area contributed by atoms with Crippen molar-refractivity contribution >= 4 is 5.95 Å². The van der Waals surface area contributed by atoms with Gasteiger partial charge in [0.1, 0.15) is 17.7 Å². The van der Waals surface area contributed by atoms with E-state index in [-0.39, 0.29) is 18.0 Å². The number of nitrogens with zero attached hydrogens (tertiary/aromatic N) is 4. The van der Waals surface area contributed by atoms with Gasteiger partial charge in [0, 0.05) is 31.7 Å². The van der Waals surface area contributed by atoms with Gasteiger partial charge in [0.05, 0.1) is 12.4 Å². The molecule has 0 bridgehead atoms. The number of hydrogen-bond donors (Lipinski definition) is 0. The van der Waals surface area contributed by atoms with Gasteiger partial charge in [-0.1, -0.05) is 0 Å². The quantitative estimate of drug-likeness (QED) is 0.842. The second-order valence-electron chi connectivity index (χ2n) is 6.97. The lowest BCUT2D eigenvalue weighted by Crippen LogP contribution is -2.62. The van der Waals surface area contributed by atoms with Crippen LogP contribution < -0.4 is 9.64 Å². The topological polar surface area (TPSA) is 41.5 Å². The summed E-state index contributed by atoms with van der Waals surface area (Å²) in [4.78, 5) is 12.9. The lowest BCUT2D eigenvalue weighted by Gasteiger charge is -2.50. The van der Waals surface area contributed by atoms with Crippen LogP contribution in [0, 0.1) is 11.6 Å². The lowest BCUT2D eigenvalue weighted by atomic mass is 9.92. The molecule has 2 aromatic rings. The van der Waals surface area contributed by atoms with Gasteiger partial charge in [0.2, 0.25) is 5.95 Å². The largest absolute Gasteiger partial charge is 0.489 e. The molecule has 1 unspecified atom stereocenters. The molecular formula is C19H22F2N4O. The highest BCUT2D eigenvalue weighted by Gasteiger charge is 2.39. The highest BCUT2D eigenvalue weighted by molar-refractivity contribution is 5.33. The molecule has 2 saturated heterocycles. The molecule has 26 heavy (non-hydrogen) atoms. The van der Waals surface area contributed by atoms with Crippen molar-refractivity contribution in [1.29, 1.82) is 0 Å². The van der Waals surface area contributed by atoms with Crippen LogP contribution in [0.3, 0.4) is 0 Å². The molecule has 3 heterocycles. The van der Waals surface area contributed by atoms with Gasteiger partial charge in [-0.2, -0.15) is 0 Å². The van der Waals surface area contributed by atoms with Gasteiger partial charge in [-0.05, 0) is 44.0 Å². The molecule has 0 amide bonds. The minimum atomic E-state index is -0.418. The number of ether oxygens (including phenoxy) is 1. The standard InChI is InChI=1S/C19H22F2N4O/c1-13-18-7-6-17(26-16-4-2-14(20)3-5-16)12-24(18)8-9-25(13)19-22-10-15(21)11-23-19/h2-5,10-11,13,17-18H,6-9,12H2,1H3/t13?,17-,18+/m1/s1. The van der Waals surface area contributed by atoms with E-state index in [1.165, 1.54) is 24.5 Å². The molecule has 5 nitrogen and oxygen atoms in total. The molecule has 2 fully saturated rings. The molecule has 7 heteroatoms. The van der Waals surface area contributed by atoms with Crippen molar-refractivity contribution in [3.8, 4) is 5.75 Å². The molecule has 3 atom stereocenters. The van der Waals surface area contributed by atoms with Gasteiger partial charge < -0.3 is 9.64 Å². The van der Waals surface area contributed by atoms with Crippen molar-refractivity contribution in [2.45, 2.75) is 38.0 Å². The molecule has 1 aromatic carbocycles. The smallest absolute Gasteiger partial charge is 0.225 e. The van der Waals surface area contributed by atoms with Gasteiger partial charge in [0.25, 0.3) is 0 Å². The first-order valence-corrected chi connectivity index (χ1v) is 9.00.